The number of fused-ring (bicyclic) bond motifs is 1. The van der Waals surface area contributed by atoms with Gasteiger partial charge in [0.25, 0.3) is 11.8 Å². The molecule has 3 aromatic carbocycles. The van der Waals surface area contributed by atoms with Crippen molar-refractivity contribution in [3.63, 3.8) is 0 Å². The quantitative estimate of drug-likeness (QED) is 0.404. The van der Waals surface area contributed by atoms with Crippen molar-refractivity contribution in [2.75, 3.05) is 10.6 Å². The van der Waals surface area contributed by atoms with Gasteiger partial charge < -0.3 is 21.5 Å². The van der Waals surface area contributed by atoms with Crippen LogP contribution in [0.1, 0.15) is 10.4 Å². The number of aromatic hydroxyl groups is 1. The summed E-state index contributed by atoms with van der Waals surface area (Å²) in [6.45, 7) is 0. The van der Waals surface area contributed by atoms with Crippen LogP contribution in [0.25, 0.3) is 10.8 Å². The Morgan fingerprint density at radius 1 is 0.964 bits per heavy atom. The molecule has 0 atom stereocenters. The number of para-hydroxylation sites is 1. The third kappa shape index (κ3) is 3.76. The lowest BCUT2D eigenvalue weighted by Crippen LogP contribution is -2.16. The summed E-state index contributed by atoms with van der Waals surface area (Å²) in [5.74, 6) is -1.17. The van der Waals surface area contributed by atoms with E-state index in [0.29, 0.717) is 22.1 Å². The fraction of sp³-hybridized carbons (Fsp3) is 0. The summed E-state index contributed by atoms with van der Waals surface area (Å²) in [6.07, 6.45) is 1.21. The Balaban J connectivity index is 1.86. The number of phenolic OH excluding ortho intramolecular Hbond substituents is 1. The maximum Gasteiger partial charge on any atom is 0.267 e. The van der Waals surface area contributed by atoms with Gasteiger partial charge in [0.15, 0.2) is 0 Å². The minimum absolute atomic E-state index is 0.0920. The van der Waals surface area contributed by atoms with Gasteiger partial charge in [-0.1, -0.05) is 36.4 Å². The fourth-order valence-corrected chi connectivity index (χ4v) is 2.71. The van der Waals surface area contributed by atoms with Crippen molar-refractivity contribution in [1.29, 1.82) is 5.26 Å². The Morgan fingerprint density at radius 3 is 2.39 bits per heavy atom. The van der Waals surface area contributed by atoms with Crippen LogP contribution in [0.5, 0.6) is 5.75 Å². The molecule has 3 aromatic rings. The molecule has 0 aliphatic rings. The summed E-state index contributed by atoms with van der Waals surface area (Å²) in [4.78, 5) is 24.0. The molecule has 0 heterocycles. The topological polar surface area (TPSA) is 128 Å². The monoisotopic (exact) mass is 372 g/mol. The van der Waals surface area contributed by atoms with Crippen molar-refractivity contribution in [3.8, 4) is 11.8 Å². The lowest BCUT2D eigenvalue weighted by molar-refractivity contribution is -0.112. The van der Waals surface area contributed by atoms with Gasteiger partial charge in [0.2, 0.25) is 0 Å². The first-order chi connectivity index (χ1) is 13.5. The first-order valence-corrected chi connectivity index (χ1v) is 8.29. The van der Waals surface area contributed by atoms with Crippen LogP contribution in [0.15, 0.2) is 72.4 Å². The van der Waals surface area contributed by atoms with Crippen molar-refractivity contribution in [2.24, 2.45) is 5.73 Å². The van der Waals surface area contributed by atoms with Crippen LogP contribution in [0.4, 0.5) is 11.4 Å². The Morgan fingerprint density at radius 2 is 1.64 bits per heavy atom. The van der Waals surface area contributed by atoms with E-state index in [-0.39, 0.29) is 16.9 Å². The van der Waals surface area contributed by atoms with Crippen molar-refractivity contribution >= 4 is 34.0 Å². The zero-order chi connectivity index (χ0) is 20.1. The first kappa shape index (κ1) is 18.5. The molecule has 2 amide bonds. The highest BCUT2D eigenvalue weighted by molar-refractivity contribution is 6.11. The molecule has 0 bridgehead atoms. The first-order valence-electron chi connectivity index (χ1n) is 8.29. The number of nitrogens with two attached hydrogens (primary N) is 1. The van der Waals surface area contributed by atoms with E-state index in [9.17, 15) is 20.0 Å². The minimum Gasteiger partial charge on any atom is -0.507 e. The molecule has 0 saturated heterocycles. The number of phenols is 1. The lowest BCUT2D eigenvalue weighted by atomic mass is 10.1. The van der Waals surface area contributed by atoms with E-state index in [4.69, 9.17) is 5.73 Å². The number of primary amides is 1. The SMILES string of the molecule is N#C/C(=C/Nc1ccccc1C(N)=O)C(=O)Nc1cccc2c(O)cccc12. The minimum atomic E-state index is -0.637. The molecule has 0 aliphatic carbocycles. The van der Waals surface area contributed by atoms with Gasteiger partial charge in [-0.2, -0.15) is 5.26 Å². The molecule has 5 N–H and O–H groups in total. The van der Waals surface area contributed by atoms with Crippen molar-refractivity contribution in [2.45, 2.75) is 0 Å². The van der Waals surface area contributed by atoms with Crippen molar-refractivity contribution in [3.05, 3.63) is 78.0 Å². The molecular weight excluding hydrogens is 356 g/mol. The van der Waals surface area contributed by atoms with E-state index in [2.05, 4.69) is 10.6 Å². The van der Waals surface area contributed by atoms with Crippen LogP contribution >= 0.6 is 0 Å². The average molecular weight is 372 g/mol. The standard InChI is InChI=1S/C21H16N4O3/c22-11-13(12-24-17-8-2-1-5-16(17)20(23)27)21(28)25-18-9-3-7-15-14(18)6-4-10-19(15)26/h1-10,12,24,26H,(H2,23,27)(H,25,28)/b13-12-. The van der Waals surface area contributed by atoms with E-state index in [1.165, 1.54) is 12.3 Å². The van der Waals surface area contributed by atoms with Gasteiger partial charge in [-0.05, 0) is 24.3 Å². The number of carbonyl (C=O) groups is 2. The van der Waals surface area contributed by atoms with Crippen LogP contribution in [-0.2, 0) is 4.79 Å². The zero-order valence-corrected chi connectivity index (χ0v) is 14.6. The zero-order valence-electron chi connectivity index (χ0n) is 14.6. The number of benzene rings is 3. The Hall–Kier alpha value is -4.31. The number of hydrogen-bond acceptors (Lipinski definition) is 5. The summed E-state index contributed by atoms with van der Waals surface area (Å²) >= 11 is 0. The van der Waals surface area contributed by atoms with Crippen molar-refractivity contribution in [1.82, 2.24) is 0 Å². The summed E-state index contributed by atoms with van der Waals surface area (Å²) in [5, 5.41) is 25.9. The molecule has 7 heteroatoms. The van der Waals surface area contributed by atoms with E-state index in [1.54, 1.807) is 54.6 Å². The molecule has 0 spiro atoms. The van der Waals surface area contributed by atoms with Gasteiger partial charge >= 0.3 is 0 Å². The van der Waals surface area contributed by atoms with Gasteiger partial charge in [-0.25, -0.2) is 0 Å². The van der Waals surface area contributed by atoms with E-state index in [1.807, 2.05) is 6.07 Å². The number of nitrogens with one attached hydrogen (secondary N) is 2. The summed E-state index contributed by atoms with van der Waals surface area (Å²) in [7, 11) is 0. The number of amides is 2. The number of carbonyl (C=O) groups excluding carboxylic acids is 2. The van der Waals surface area contributed by atoms with E-state index in [0.717, 1.165) is 0 Å². The molecule has 0 saturated carbocycles. The molecule has 3 rings (SSSR count). The molecule has 0 radical (unpaired) electrons. The van der Waals surface area contributed by atoms with Gasteiger partial charge in [-0.15, -0.1) is 0 Å². The summed E-state index contributed by atoms with van der Waals surface area (Å²) in [5.41, 5.74) is 6.19. The van der Waals surface area contributed by atoms with Crippen LogP contribution in [-0.4, -0.2) is 16.9 Å². The third-order valence-electron chi connectivity index (χ3n) is 4.08. The normalized spacial score (nSPS) is 10.9. The summed E-state index contributed by atoms with van der Waals surface area (Å²) < 4.78 is 0. The second-order valence-corrected chi connectivity index (χ2v) is 5.86. The van der Waals surface area contributed by atoms with Crippen LogP contribution in [0.3, 0.4) is 0 Å². The second-order valence-electron chi connectivity index (χ2n) is 5.86. The van der Waals surface area contributed by atoms with Crippen LogP contribution < -0.4 is 16.4 Å². The second kappa shape index (κ2) is 7.93. The molecule has 28 heavy (non-hydrogen) atoms. The van der Waals surface area contributed by atoms with E-state index < -0.39 is 11.8 Å². The molecule has 7 nitrogen and oxygen atoms in total. The smallest absolute Gasteiger partial charge is 0.267 e. The van der Waals surface area contributed by atoms with Gasteiger partial charge in [0, 0.05) is 22.7 Å². The average Bonchev–Trinajstić information content (AvgIpc) is 2.69. The van der Waals surface area contributed by atoms with Crippen LogP contribution in [0, 0.1) is 11.3 Å². The number of rotatable bonds is 5. The number of nitriles is 1. The van der Waals surface area contributed by atoms with Gasteiger partial charge in [-0.3, -0.25) is 9.59 Å². The highest BCUT2D eigenvalue weighted by Gasteiger charge is 2.13. The van der Waals surface area contributed by atoms with Crippen molar-refractivity contribution < 1.29 is 14.7 Å². The molecule has 0 aromatic heterocycles. The maximum atomic E-state index is 12.5. The van der Waals surface area contributed by atoms with Crippen LogP contribution in [0.2, 0.25) is 0 Å². The maximum absolute atomic E-state index is 12.5. The van der Waals surface area contributed by atoms with Gasteiger partial charge in [0.05, 0.1) is 11.3 Å². The number of hydrogen-bond donors (Lipinski definition) is 4. The Labute approximate surface area is 160 Å². The van der Waals surface area contributed by atoms with Gasteiger partial charge in [0.1, 0.15) is 17.4 Å². The molecule has 0 fully saturated rings. The molecule has 0 unspecified atom stereocenters. The predicted molar refractivity (Wildman–Crippen MR) is 107 cm³/mol. The summed E-state index contributed by atoms with van der Waals surface area (Å²) in [6, 6.07) is 18.4. The lowest BCUT2D eigenvalue weighted by Gasteiger charge is -2.10. The number of anilines is 2. The Bertz CT molecular complexity index is 1150. The highest BCUT2D eigenvalue weighted by atomic mass is 16.3. The molecule has 138 valence electrons. The number of nitrogens with zero attached hydrogens (tertiary/aromatic N) is 1. The van der Waals surface area contributed by atoms with E-state index >= 15 is 0 Å². The third-order valence-corrected chi connectivity index (χ3v) is 4.08. The largest absolute Gasteiger partial charge is 0.507 e. The predicted octanol–water partition coefficient (Wildman–Crippen LogP) is 3.10. The Kier molecular flexibility index (Phi) is 5.23. The highest BCUT2D eigenvalue weighted by Crippen LogP contribution is 2.30. The fourth-order valence-electron chi connectivity index (χ4n) is 2.71. The molecule has 0 aliphatic heterocycles. The molecular formula is C21H16N4O3.